The van der Waals surface area contributed by atoms with Gasteiger partial charge in [-0.15, -0.1) is 0 Å². The van der Waals surface area contributed by atoms with E-state index in [4.69, 9.17) is 10.6 Å². The van der Waals surface area contributed by atoms with Gasteiger partial charge in [-0.3, -0.25) is 9.63 Å². The van der Waals surface area contributed by atoms with E-state index in [2.05, 4.69) is 10.5 Å². The summed E-state index contributed by atoms with van der Waals surface area (Å²) in [6, 6.07) is 4.00. The van der Waals surface area contributed by atoms with Crippen LogP contribution in [0.15, 0.2) is 46.3 Å². The third-order valence-electron chi connectivity index (χ3n) is 3.22. The maximum atomic E-state index is 12.6. The fourth-order valence-electron chi connectivity index (χ4n) is 1.94. The number of pyridine rings is 1. The number of hydrogen-bond acceptors (Lipinski definition) is 6. The Bertz CT molecular complexity index is 913. The molecule has 0 aliphatic heterocycles. The summed E-state index contributed by atoms with van der Waals surface area (Å²) in [6.45, 7) is 1.84. The molecular weight excluding hydrogens is 375 g/mol. The molecule has 0 fully saturated rings. The molecule has 0 bridgehead atoms. The maximum absolute atomic E-state index is 12.6. The van der Waals surface area contributed by atoms with Crippen molar-refractivity contribution < 1.29 is 31.2 Å². The first-order valence-electron chi connectivity index (χ1n) is 7.17. The first-order valence-corrected chi connectivity index (χ1v) is 8.65. The Labute approximate surface area is 146 Å². The molecule has 0 atom stereocenters. The van der Waals surface area contributed by atoms with Gasteiger partial charge in [0.25, 0.3) is 5.91 Å². The maximum Gasteiger partial charge on any atom is 0.416 e. The number of nitrogens with zero attached hydrogens (tertiary/aromatic N) is 1. The largest absolute Gasteiger partial charge is 0.416 e. The van der Waals surface area contributed by atoms with Gasteiger partial charge >= 0.3 is 6.18 Å². The lowest BCUT2D eigenvalue weighted by molar-refractivity contribution is -0.137. The van der Waals surface area contributed by atoms with Crippen molar-refractivity contribution in [1.29, 1.82) is 0 Å². The summed E-state index contributed by atoms with van der Waals surface area (Å²) < 4.78 is 62.7. The monoisotopic (exact) mass is 389 g/mol. The van der Waals surface area contributed by atoms with Gasteiger partial charge in [0.2, 0.25) is 9.84 Å². The first kappa shape index (κ1) is 19.7. The zero-order valence-corrected chi connectivity index (χ0v) is 14.2. The van der Waals surface area contributed by atoms with Crippen molar-refractivity contribution in [3.8, 4) is 0 Å². The number of halogens is 3. The van der Waals surface area contributed by atoms with Gasteiger partial charge in [0.05, 0.1) is 27.6 Å². The summed E-state index contributed by atoms with van der Waals surface area (Å²) in [5.74, 6) is -0.761. The minimum Gasteiger partial charge on any atom is -0.397 e. The van der Waals surface area contributed by atoms with Gasteiger partial charge in [0.15, 0.2) is 5.69 Å². The van der Waals surface area contributed by atoms with Crippen LogP contribution in [-0.4, -0.2) is 25.9 Å². The lowest BCUT2D eigenvalue weighted by Gasteiger charge is -2.10. The average molecular weight is 389 g/mol. The van der Waals surface area contributed by atoms with E-state index in [1.54, 1.807) is 6.92 Å². The number of benzene rings is 1. The number of aromatic nitrogens is 1. The summed E-state index contributed by atoms with van der Waals surface area (Å²) in [6.07, 6.45) is -3.69. The molecule has 1 heterocycles. The number of anilines is 1. The number of hydroxylamine groups is 1. The van der Waals surface area contributed by atoms with E-state index in [1.807, 2.05) is 0 Å². The quantitative estimate of drug-likeness (QED) is 0.759. The van der Waals surface area contributed by atoms with Crippen LogP contribution in [0, 0.1) is 0 Å². The zero-order valence-electron chi connectivity index (χ0n) is 13.4. The van der Waals surface area contributed by atoms with Gasteiger partial charge in [-0.2, -0.15) is 13.2 Å². The molecule has 0 radical (unpaired) electrons. The van der Waals surface area contributed by atoms with E-state index in [0.29, 0.717) is 12.1 Å². The van der Waals surface area contributed by atoms with Crippen molar-refractivity contribution in [3.63, 3.8) is 0 Å². The minimum absolute atomic E-state index is 0.200. The molecule has 7 nitrogen and oxygen atoms in total. The number of carbonyl (C=O) groups is 1. The molecule has 0 aliphatic rings. The van der Waals surface area contributed by atoms with Crippen molar-refractivity contribution in [2.75, 3.05) is 12.3 Å². The highest BCUT2D eigenvalue weighted by Crippen LogP contribution is 2.31. The molecule has 2 rings (SSSR count). The van der Waals surface area contributed by atoms with E-state index in [9.17, 15) is 26.4 Å². The van der Waals surface area contributed by atoms with Crippen molar-refractivity contribution >= 4 is 21.4 Å². The SMILES string of the molecule is CCONC(=O)c1ncc(S(=O)(=O)c2ccc(C(F)(F)F)cc2)cc1N. The summed E-state index contributed by atoms with van der Waals surface area (Å²) in [5.41, 5.74) is 6.27. The number of hydrogen-bond donors (Lipinski definition) is 2. The van der Waals surface area contributed by atoms with Crippen molar-refractivity contribution in [3.05, 3.63) is 47.8 Å². The predicted octanol–water partition coefficient (Wildman–Crippen LogP) is 2.20. The third-order valence-corrected chi connectivity index (χ3v) is 4.96. The molecule has 1 aromatic carbocycles. The second-order valence-corrected chi connectivity index (χ2v) is 6.95. The molecule has 140 valence electrons. The van der Waals surface area contributed by atoms with Crippen LogP contribution in [0.3, 0.4) is 0 Å². The fraction of sp³-hybridized carbons (Fsp3) is 0.200. The Morgan fingerprint density at radius 3 is 2.35 bits per heavy atom. The van der Waals surface area contributed by atoms with Crippen LogP contribution in [0.5, 0.6) is 0 Å². The van der Waals surface area contributed by atoms with Gasteiger partial charge in [-0.1, -0.05) is 0 Å². The van der Waals surface area contributed by atoms with Crippen LogP contribution in [0.2, 0.25) is 0 Å². The highest BCUT2D eigenvalue weighted by molar-refractivity contribution is 7.91. The molecule has 0 unspecified atom stereocenters. The third kappa shape index (κ3) is 4.11. The fourth-order valence-corrected chi connectivity index (χ4v) is 3.18. The van der Waals surface area contributed by atoms with E-state index >= 15 is 0 Å². The number of nitrogens with two attached hydrogens (primary N) is 1. The smallest absolute Gasteiger partial charge is 0.397 e. The van der Waals surface area contributed by atoms with Crippen LogP contribution in [-0.2, 0) is 20.9 Å². The minimum atomic E-state index is -4.58. The summed E-state index contributed by atoms with van der Waals surface area (Å²) in [5, 5.41) is 0. The normalized spacial score (nSPS) is 12.0. The lowest BCUT2D eigenvalue weighted by atomic mass is 10.2. The topological polar surface area (TPSA) is 111 Å². The van der Waals surface area contributed by atoms with Crippen LogP contribution in [0.4, 0.5) is 18.9 Å². The number of carbonyl (C=O) groups excluding carboxylic acids is 1. The zero-order chi connectivity index (χ0) is 19.5. The molecule has 1 aromatic heterocycles. The van der Waals surface area contributed by atoms with Gasteiger partial charge in [0, 0.05) is 6.20 Å². The Hall–Kier alpha value is -2.66. The standard InChI is InChI=1S/C15H14F3N3O4S/c1-2-25-21-14(22)13-12(19)7-11(8-20-13)26(23,24)10-5-3-9(4-6-10)15(16,17)18/h3-8H,2,19H2,1H3,(H,21,22). The number of sulfone groups is 1. The van der Waals surface area contributed by atoms with Crippen LogP contribution < -0.4 is 11.2 Å². The molecule has 0 saturated heterocycles. The summed E-state index contributed by atoms with van der Waals surface area (Å²) in [4.78, 5) is 19.4. The van der Waals surface area contributed by atoms with Gasteiger partial charge < -0.3 is 5.73 Å². The predicted molar refractivity (Wildman–Crippen MR) is 84.6 cm³/mol. The molecule has 3 N–H and O–H groups in total. The Balaban J connectivity index is 2.35. The Morgan fingerprint density at radius 1 is 1.23 bits per heavy atom. The molecule has 2 aromatic rings. The average Bonchev–Trinajstić information content (AvgIpc) is 2.58. The number of alkyl halides is 3. The van der Waals surface area contributed by atoms with Crippen LogP contribution in [0.1, 0.15) is 23.0 Å². The van der Waals surface area contributed by atoms with Gasteiger partial charge in [-0.05, 0) is 37.3 Å². The van der Waals surface area contributed by atoms with E-state index < -0.39 is 27.5 Å². The number of nitrogen functional groups attached to an aromatic ring is 1. The van der Waals surface area contributed by atoms with E-state index in [-0.39, 0.29) is 27.8 Å². The van der Waals surface area contributed by atoms with Crippen LogP contribution in [0.25, 0.3) is 0 Å². The van der Waals surface area contributed by atoms with Crippen molar-refractivity contribution in [1.82, 2.24) is 10.5 Å². The summed E-state index contributed by atoms with van der Waals surface area (Å²) in [7, 11) is -4.16. The molecule has 11 heteroatoms. The first-order chi connectivity index (χ1) is 12.1. The molecule has 26 heavy (non-hydrogen) atoms. The van der Waals surface area contributed by atoms with Crippen molar-refractivity contribution in [2.45, 2.75) is 22.9 Å². The molecule has 1 amide bonds. The van der Waals surface area contributed by atoms with Crippen molar-refractivity contribution in [2.24, 2.45) is 0 Å². The molecule has 0 aliphatic carbocycles. The second kappa shape index (κ2) is 7.30. The van der Waals surface area contributed by atoms with Gasteiger partial charge in [-0.25, -0.2) is 18.9 Å². The summed E-state index contributed by atoms with van der Waals surface area (Å²) >= 11 is 0. The number of nitrogens with one attached hydrogen (secondary N) is 1. The highest BCUT2D eigenvalue weighted by Gasteiger charge is 2.31. The van der Waals surface area contributed by atoms with Crippen LogP contribution >= 0.6 is 0 Å². The molecular formula is C15H14F3N3O4S. The Kier molecular flexibility index (Phi) is 5.52. The van der Waals surface area contributed by atoms with E-state index in [1.165, 1.54) is 0 Å². The Morgan fingerprint density at radius 2 is 1.85 bits per heavy atom. The van der Waals surface area contributed by atoms with Gasteiger partial charge in [0.1, 0.15) is 0 Å². The highest BCUT2D eigenvalue weighted by atomic mass is 32.2. The molecule has 0 spiro atoms. The second-order valence-electron chi connectivity index (χ2n) is 5.00. The number of rotatable bonds is 5. The lowest BCUT2D eigenvalue weighted by Crippen LogP contribution is -2.25. The number of amides is 1. The van der Waals surface area contributed by atoms with E-state index in [0.717, 1.165) is 24.4 Å². The molecule has 0 saturated carbocycles.